The molecule has 0 aliphatic heterocycles. The number of rotatable bonds is 5. The van der Waals surface area contributed by atoms with Crippen molar-refractivity contribution in [3.63, 3.8) is 0 Å². The Hall–Kier alpha value is -0.510. The van der Waals surface area contributed by atoms with E-state index in [1.54, 1.807) is 18.7 Å². The van der Waals surface area contributed by atoms with Gasteiger partial charge in [0, 0.05) is 17.2 Å². The number of hydrogen-bond acceptors (Lipinski definition) is 3. The Morgan fingerprint density at radius 1 is 1.38 bits per heavy atom. The summed E-state index contributed by atoms with van der Waals surface area (Å²) in [5, 5.41) is 11.9. The van der Waals surface area contributed by atoms with Crippen molar-refractivity contribution < 1.29 is 5.11 Å². The molecule has 1 aromatic rings. The van der Waals surface area contributed by atoms with Crippen LogP contribution >= 0.6 is 11.8 Å². The van der Waals surface area contributed by atoms with Crippen LogP contribution in [0.4, 0.5) is 0 Å². The minimum absolute atomic E-state index is 0.406. The highest BCUT2D eigenvalue weighted by Crippen LogP contribution is 2.15. The molecule has 0 spiro atoms. The van der Waals surface area contributed by atoms with E-state index in [1.165, 1.54) is 4.90 Å². The van der Waals surface area contributed by atoms with Crippen LogP contribution in [0, 0.1) is 0 Å². The highest BCUT2D eigenvalue weighted by Gasteiger charge is 1.94. The molecule has 0 amide bonds. The average molecular weight is 197 g/mol. The molecule has 1 rings (SSSR count). The van der Waals surface area contributed by atoms with Crippen molar-refractivity contribution in [1.29, 1.82) is 0 Å². The van der Waals surface area contributed by atoms with E-state index in [9.17, 15) is 0 Å². The molecule has 0 radical (unpaired) electrons. The van der Waals surface area contributed by atoms with Crippen LogP contribution in [0.1, 0.15) is 6.92 Å². The maximum absolute atomic E-state index is 8.93. The average Bonchev–Trinajstić information content (AvgIpc) is 2.14. The van der Waals surface area contributed by atoms with Crippen molar-refractivity contribution in [2.75, 3.05) is 12.3 Å². The van der Waals surface area contributed by atoms with Crippen molar-refractivity contribution in [2.45, 2.75) is 18.0 Å². The number of nitrogens with one attached hydrogen (secondary N) is 1. The summed E-state index contributed by atoms with van der Waals surface area (Å²) in [6, 6.07) is 10.3. The molecule has 2 nitrogen and oxygen atoms in total. The lowest BCUT2D eigenvalue weighted by atomic mass is 10.4. The normalized spacial score (nSPS) is 12.8. The summed E-state index contributed by atoms with van der Waals surface area (Å²) in [7, 11) is 0. The molecule has 13 heavy (non-hydrogen) atoms. The minimum atomic E-state index is -0.406. The van der Waals surface area contributed by atoms with Gasteiger partial charge in [-0.15, -0.1) is 11.8 Å². The van der Waals surface area contributed by atoms with Gasteiger partial charge in [-0.2, -0.15) is 0 Å². The number of aliphatic hydroxyl groups excluding tert-OH is 1. The van der Waals surface area contributed by atoms with Crippen molar-refractivity contribution in [3.8, 4) is 0 Å². The lowest BCUT2D eigenvalue weighted by Crippen LogP contribution is -2.27. The van der Waals surface area contributed by atoms with Gasteiger partial charge in [-0.25, -0.2) is 0 Å². The summed E-state index contributed by atoms with van der Waals surface area (Å²) in [6.07, 6.45) is -0.406. The largest absolute Gasteiger partial charge is 0.379 e. The van der Waals surface area contributed by atoms with Crippen LogP contribution in [-0.2, 0) is 0 Å². The minimum Gasteiger partial charge on any atom is -0.379 e. The Balaban J connectivity index is 2.13. The van der Waals surface area contributed by atoms with Crippen LogP contribution in [0.15, 0.2) is 35.2 Å². The molecule has 0 bridgehead atoms. The second-order valence-electron chi connectivity index (χ2n) is 2.79. The Morgan fingerprint density at radius 2 is 2.08 bits per heavy atom. The van der Waals surface area contributed by atoms with E-state index >= 15 is 0 Å². The smallest absolute Gasteiger partial charge is 0.102 e. The molecule has 2 N–H and O–H groups in total. The molecule has 0 aliphatic rings. The van der Waals surface area contributed by atoms with Crippen LogP contribution in [0.5, 0.6) is 0 Å². The lowest BCUT2D eigenvalue weighted by Gasteiger charge is -2.06. The Labute approximate surface area is 83.4 Å². The van der Waals surface area contributed by atoms with Crippen LogP contribution in [0.2, 0.25) is 0 Å². The van der Waals surface area contributed by atoms with Crippen molar-refractivity contribution in [2.24, 2.45) is 0 Å². The van der Waals surface area contributed by atoms with Crippen LogP contribution < -0.4 is 5.32 Å². The van der Waals surface area contributed by atoms with E-state index in [1.807, 2.05) is 18.2 Å². The second-order valence-corrected chi connectivity index (χ2v) is 3.96. The van der Waals surface area contributed by atoms with Gasteiger partial charge in [0.05, 0.1) is 0 Å². The molecule has 0 aromatic heterocycles. The first-order chi connectivity index (χ1) is 6.29. The Bertz CT molecular complexity index is 226. The number of aliphatic hydroxyl groups is 1. The number of benzene rings is 1. The van der Waals surface area contributed by atoms with E-state index in [2.05, 4.69) is 17.4 Å². The van der Waals surface area contributed by atoms with Crippen LogP contribution in [-0.4, -0.2) is 23.6 Å². The van der Waals surface area contributed by atoms with E-state index in [4.69, 9.17) is 5.11 Å². The first-order valence-electron chi connectivity index (χ1n) is 4.38. The van der Waals surface area contributed by atoms with Gasteiger partial charge >= 0.3 is 0 Å². The highest BCUT2D eigenvalue weighted by molar-refractivity contribution is 7.99. The zero-order chi connectivity index (χ0) is 9.52. The third-order valence-electron chi connectivity index (χ3n) is 1.55. The summed E-state index contributed by atoms with van der Waals surface area (Å²) in [5.41, 5.74) is 0. The zero-order valence-corrected chi connectivity index (χ0v) is 8.55. The summed E-state index contributed by atoms with van der Waals surface area (Å²) in [6.45, 7) is 2.56. The second kappa shape index (κ2) is 6.02. The first kappa shape index (κ1) is 10.6. The molecule has 3 heteroatoms. The molecular formula is C10H15NOS. The van der Waals surface area contributed by atoms with Gasteiger partial charge in [-0.3, -0.25) is 5.32 Å². The van der Waals surface area contributed by atoms with E-state index in [0.29, 0.717) is 0 Å². The molecule has 0 fully saturated rings. The lowest BCUT2D eigenvalue weighted by molar-refractivity contribution is 0.160. The van der Waals surface area contributed by atoms with Gasteiger partial charge in [-0.1, -0.05) is 18.2 Å². The summed E-state index contributed by atoms with van der Waals surface area (Å²) >= 11 is 1.79. The maximum Gasteiger partial charge on any atom is 0.102 e. The Kier molecular flexibility index (Phi) is 4.90. The third kappa shape index (κ3) is 4.93. The fraction of sp³-hybridized carbons (Fsp3) is 0.400. The number of hydrogen-bond donors (Lipinski definition) is 2. The van der Waals surface area contributed by atoms with Crippen molar-refractivity contribution in [3.05, 3.63) is 30.3 Å². The van der Waals surface area contributed by atoms with Crippen molar-refractivity contribution >= 4 is 11.8 Å². The van der Waals surface area contributed by atoms with Gasteiger partial charge in [0.15, 0.2) is 0 Å². The molecule has 1 unspecified atom stereocenters. The predicted molar refractivity (Wildman–Crippen MR) is 56.8 cm³/mol. The molecule has 72 valence electrons. The fourth-order valence-corrected chi connectivity index (χ4v) is 1.76. The van der Waals surface area contributed by atoms with Gasteiger partial charge in [0.25, 0.3) is 0 Å². The topological polar surface area (TPSA) is 32.3 Å². The first-order valence-corrected chi connectivity index (χ1v) is 5.37. The van der Waals surface area contributed by atoms with Crippen LogP contribution in [0.3, 0.4) is 0 Å². The third-order valence-corrected chi connectivity index (χ3v) is 2.57. The van der Waals surface area contributed by atoms with Gasteiger partial charge in [0.2, 0.25) is 0 Å². The molecule has 0 aliphatic carbocycles. The summed E-state index contributed by atoms with van der Waals surface area (Å²) in [5.74, 6) is 0.981. The quantitative estimate of drug-likeness (QED) is 0.428. The maximum atomic E-state index is 8.93. The SMILES string of the molecule is CC(O)NCCSc1ccccc1. The molecule has 0 saturated heterocycles. The van der Waals surface area contributed by atoms with E-state index in [-0.39, 0.29) is 0 Å². The molecule has 1 atom stereocenters. The van der Waals surface area contributed by atoms with Gasteiger partial charge in [0.1, 0.15) is 6.23 Å². The van der Waals surface area contributed by atoms with E-state index < -0.39 is 6.23 Å². The summed E-state index contributed by atoms with van der Waals surface area (Å²) in [4.78, 5) is 1.27. The molecule has 0 saturated carbocycles. The van der Waals surface area contributed by atoms with Gasteiger partial charge < -0.3 is 5.11 Å². The monoisotopic (exact) mass is 197 g/mol. The Morgan fingerprint density at radius 3 is 2.69 bits per heavy atom. The molecule has 1 aromatic carbocycles. The molecular weight excluding hydrogens is 182 g/mol. The number of thioether (sulfide) groups is 1. The van der Waals surface area contributed by atoms with Gasteiger partial charge in [-0.05, 0) is 19.1 Å². The van der Waals surface area contributed by atoms with Crippen molar-refractivity contribution in [1.82, 2.24) is 5.32 Å². The van der Waals surface area contributed by atoms with Crippen LogP contribution in [0.25, 0.3) is 0 Å². The fourth-order valence-electron chi connectivity index (χ4n) is 0.953. The summed E-state index contributed by atoms with van der Waals surface area (Å²) < 4.78 is 0. The molecule has 0 heterocycles. The standard InChI is InChI=1S/C10H15NOS/c1-9(12)11-7-8-13-10-5-3-2-4-6-10/h2-6,9,11-12H,7-8H2,1H3. The zero-order valence-electron chi connectivity index (χ0n) is 7.73. The van der Waals surface area contributed by atoms with E-state index in [0.717, 1.165) is 12.3 Å². The highest BCUT2D eigenvalue weighted by atomic mass is 32.2. The predicted octanol–water partition coefficient (Wildman–Crippen LogP) is 1.71.